The summed E-state index contributed by atoms with van der Waals surface area (Å²) in [7, 11) is 1.70. The highest BCUT2D eigenvalue weighted by atomic mass is 16.6. The van der Waals surface area contributed by atoms with Gasteiger partial charge in [-0.25, -0.2) is 0 Å². The molecule has 0 bridgehead atoms. The first-order valence-corrected chi connectivity index (χ1v) is 8.80. The maximum absolute atomic E-state index is 5.66. The molecular weight excluding hydrogens is 300 g/mol. The highest BCUT2D eigenvalue weighted by Crippen LogP contribution is 2.18. The van der Waals surface area contributed by atoms with Crippen molar-refractivity contribution in [1.82, 2.24) is 0 Å². The van der Waals surface area contributed by atoms with Gasteiger partial charge < -0.3 is 14.2 Å². The molecule has 0 spiro atoms. The van der Waals surface area contributed by atoms with Crippen LogP contribution >= 0.6 is 0 Å². The topological polar surface area (TPSA) is 31.0 Å². The van der Waals surface area contributed by atoms with Gasteiger partial charge in [0.15, 0.2) is 0 Å². The molecule has 2 aromatic rings. The molecule has 2 aromatic carbocycles. The van der Waals surface area contributed by atoms with Crippen molar-refractivity contribution in [2.75, 3.05) is 20.3 Å². The van der Waals surface area contributed by atoms with Crippen molar-refractivity contribution in [2.45, 2.75) is 38.2 Å². The maximum Gasteiger partial charge on any atom is 0.119 e. The zero-order valence-electron chi connectivity index (χ0n) is 14.4. The summed E-state index contributed by atoms with van der Waals surface area (Å²) in [5.74, 6) is 1.87. The van der Waals surface area contributed by atoms with E-state index >= 15 is 0 Å². The van der Waals surface area contributed by atoms with Crippen LogP contribution in [0.25, 0.3) is 0 Å². The van der Waals surface area contributed by atoms with Gasteiger partial charge in [0.05, 0.1) is 13.7 Å². The summed E-state index contributed by atoms with van der Waals surface area (Å²) in [6.45, 7) is 1.51. The lowest BCUT2D eigenvalue weighted by molar-refractivity contribution is 0.263. The van der Waals surface area contributed by atoms with E-state index in [0.29, 0.717) is 12.7 Å². The smallest absolute Gasteiger partial charge is 0.119 e. The van der Waals surface area contributed by atoms with Gasteiger partial charge in [0.2, 0.25) is 0 Å². The molecule has 3 heteroatoms. The zero-order chi connectivity index (χ0) is 16.6. The molecule has 0 radical (unpaired) electrons. The average molecular weight is 326 g/mol. The predicted octanol–water partition coefficient (Wildman–Crippen LogP) is 4.43. The fourth-order valence-electron chi connectivity index (χ4n) is 2.73. The Labute approximate surface area is 144 Å². The molecule has 0 amide bonds. The number of hydrogen-bond donors (Lipinski definition) is 0. The van der Waals surface area contributed by atoms with Crippen molar-refractivity contribution < 1.29 is 14.2 Å². The number of rotatable bonds is 10. The van der Waals surface area contributed by atoms with Crippen LogP contribution in [0.2, 0.25) is 0 Å². The molecule has 1 atom stereocenters. The van der Waals surface area contributed by atoms with Gasteiger partial charge in [-0.2, -0.15) is 0 Å². The first-order valence-electron chi connectivity index (χ1n) is 8.80. The third kappa shape index (κ3) is 5.57. The predicted molar refractivity (Wildman–Crippen MR) is 95.9 cm³/mol. The quantitative estimate of drug-likeness (QED) is 0.478. The molecule has 1 aliphatic heterocycles. The second-order valence-electron chi connectivity index (χ2n) is 6.32. The molecule has 1 unspecified atom stereocenters. The average Bonchev–Trinajstić information content (AvgIpc) is 3.46. The third-order valence-corrected chi connectivity index (χ3v) is 4.35. The molecule has 3 rings (SSSR count). The van der Waals surface area contributed by atoms with Crippen LogP contribution in [0.15, 0.2) is 48.5 Å². The Hall–Kier alpha value is -2.00. The summed E-state index contributed by atoms with van der Waals surface area (Å²) >= 11 is 0. The second kappa shape index (κ2) is 8.74. The Balaban J connectivity index is 1.30. The molecule has 1 aliphatic rings. The van der Waals surface area contributed by atoms with Gasteiger partial charge in [0.1, 0.15) is 24.2 Å². The summed E-state index contributed by atoms with van der Waals surface area (Å²) in [5.41, 5.74) is 2.77. The molecule has 0 aromatic heterocycles. The van der Waals surface area contributed by atoms with Crippen LogP contribution < -0.4 is 9.47 Å². The minimum absolute atomic E-state index is 0.315. The highest BCUT2D eigenvalue weighted by molar-refractivity contribution is 5.28. The van der Waals surface area contributed by atoms with E-state index in [2.05, 4.69) is 36.4 Å². The second-order valence-corrected chi connectivity index (χ2v) is 6.32. The minimum atomic E-state index is 0.315. The fraction of sp³-hybridized carbons (Fsp3) is 0.429. The normalized spacial score (nSPS) is 16.0. The Morgan fingerprint density at radius 2 is 1.38 bits per heavy atom. The molecule has 0 N–H and O–H groups in total. The van der Waals surface area contributed by atoms with Crippen LogP contribution in [0, 0.1) is 0 Å². The van der Waals surface area contributed by atoms with E-state index < -0.39 is 0 Å². The molecule has 24 heavy (non-hydrogen) atoms. The van der Waals surface area contributed by atoms with Crippen LogP contribution in [-0.4, -0.2) is 26.4 Å². The zero-order valence-corrected chi connectivity index (χ0v) is 14.4. The van der Waals surface area contributed by atoms with Crippen LogP contribution in [0.5, 0.6) is 11.5 Å². The first-order chi connectivity index (χ1) is 11.8. The van der Waals surface area contributed by atoms with Gasteiger partial charge >= 0.3 is 0 Å². The number of methoxy groups -OCH3 is 1. The number of benzene rings is 2. The monoisotopic (exact) mass is 326 g/mol. The van der Waals surface area contributed by atoms with Gasteiger partial charge in [-0.3, -0.25) is 0 Å². The van der Waals surface area contributed by atoms with Crippen molar-refractivity contribution in [3.8, 4) is 11.5 Å². The summed E-state index contributed by atoms with van der Waals surface area (Å²) in [6.07, 6.45) is 6.30. The molecule has 0 saturated carbocycles. The molecule has 1 heterocycles. The van der Waals surface area contributed by atoms with Crippen molar-refractivity contribution in [3.05, 3.63) is 59.7 Å². The van der Waals surface area contributed by atoms with Crippen molar-refractivity contribution in [1.29, 1.82) is 0 Å². The number of ether oxygens (including phenoxy) is 3. The van der Waals surface area contributed by atoms with Crippen LogP contribution in [0.1, 0.15) is 30.4 Å². The van der Waals surface area contributed by atoms with E-state index in [-0.39, 0.29) is 0 Å². The summed E-state index contributed by atoms with van der Waals surface area (Å²) in [4.78, 5) is 0. The summed E-state index contributed by atoms with van der Waals surface area (Å²) in [6, 6.07) is 16.9. The van der Waals surface area contributed by atoms with Crippen molar-refractivity contribution in [3.63, 3.8) is 0 Å². The lowest BCUT2D eigenvalue weighted by atomic mass is 10.0. The van der Waals surface area contributed by atoms with Crippen molar-refractivity contribution >= 4 is 0 Å². The van der Waals surface area contributed by atoms with Crippen LogP contribution in [-0.2, 0) is 17.6 Å². The Bertz CT molecular complexity index is 600. The first kappa shape index (κ1) is 16.8. The van der Waals surface area contributed by atoms with Gasteiger partial charge in [0.25, 0.3) is 0 Å². The van der Waals surface area contributed by atoms with Crippen molar-refractivity contribution in [2.24, 2.45) is 0 Å². The summed E-state index contributed by atoms with van der Waals surface area (Å²) < 4.78 is 16.0. The standard InChI is InChI=1S/C21H26O3/c1-22-19-11-7-17(8-12-19)5-3-2-4-6-18-9-13-20(14-10-18)23-15-21-16-24-21/h7-14,21H,2-6,15-16H2,1H3. The van der Waals surface area contributed by atoms with E-state index in [1.54, 1.807) is 7.11 Å². The fourth-order valence-corrected chi connectivity index (χ4v) is 2.73. The summed E-state index contributed by atoms with van der Waals surface area (Å²) in [5, 5.41) is 0. The maximum atomic E-state index is 5.66. The molecule has 128 valence electrons. The molecule has 1 fully saturated rings. The van der Waals surface area contributed by atoms with Gasteiger partial charge in [0, 0.05) is 0 Å². The van der Waals surface area contributed by atoms with Gasteiger partial charge in [-0.15, -0.1) is 0 Å². The van der Waals surface area contributed by atoms with Crippen LogP contribution in [0.4, 0.5) is 0 Å². The minimum Gasteiger partial charge on any atom is -0.497 e. The Morgan fingerprint density at radius 3 is 1.88 bits per heavy atom. The largest absolute Gasteiger partial charge is 0.497 e. The molecule has 3 nitrogen and oxygen atoms in total. The molecule has 1 saturated heterocycles. The number of aryl methyl sites for hydroxylation is 2. The van der Waals surface area contributed by atoms with E-state index in [1.165, 1.54) is 30.4 Å². The third-order valence-electron chi connectivity index (χ3n) is 4.35. The number of hydrogen-bond acceptors (Lipinski definition) is 3. The number of unbranched alkanes of at least 4 members (excludes halogenated alkanes) is 2. The molecule has 0 aliphatic carbocycles. The number of epoxide rings is 1. The van der Waals surface area contributed by atoms with Crippen LogP contribution in [0.3, 0.4) is 0 Å². The van der Waals surface area contributed by atoms with E-state index in [4.69, 9.17) is 14.2 Å². The van der Waals surface area contributed by atoms with E-state index in [1.807, 2.05) is 12.1 Å². The highest BCUT2D eigenvalue weighted by Gasteiger charge is 2.22. The molecular formula is C21H26O3. The van der Waals surface area contributed by atoms with E-state index in [9.17, 15) is 0 Å². The lowest BCUT2D eigenvalue weighted by Crippen LogP contribution is -2.03. The Kier molecular flexibility index (Phi) is 6.13. The SMILES string of the molecule is COc1ccc(CCCCCc2ccc(OCC3CO3)cc2)cc1. The Morgan fingerprint density at radius 1 is 0.833 bits per heavy atom. The van der Waals surface area contributed by atoms with E-state index in [0.717, 1.165) is 30.9 Å². The van der Waals surface area contributed by atoms with Gasteiger partial charge in [-0.1, -0.05) is 30.7 Å². The van der Waals surface area contributed by atoms with Gasteiger partial charge in [-0.05, 0) is 61.1 Å². The lowest BCUT2D eigenvalue weighted by Gasteiger charge is -2.06.